The zero-order chi connectivity index (χ0) is 13.7. The first-order valence-electron chi connectivity index (χ1n) is 6.58. The molecule has 2 atom stereocenters. The van der Waals surface area contributed by atoms with Gasteiger partial charge in [0.25, 0.3) is 0 Å². The van der Waals surface area contributed by atoms with Crippen LogP contribution >= 0.6 is 0 Å². The highest BCUT2D eigenvalue weighted by Crippen LogP contribution is 2.13. The molecule has 0 spiro atoms. The molecule has 1 fully saturated rings. The predicted molar refractivity (Wildman–Crippen MR) is 67.5 cm³/mol. The van der Waals surface area contributed by atoms with E-state index in [1.807, 2.05) is 6.92 Å². The van der Waals surface area contributed by atoms with E-state index in [2.05, 4.69) is 20.8 Å². The molecule has 1 aliphatic rings. The van der Waals surface area contributed by atoms with Crippen molar-refractivity contribution in [1.29, 1.82) is 0 Å². The van der Waals surface area contributed by atoms with Crippen molar-refractivity contribution in [3.8, 4) is 0 Å². The molecule has 0 saturated carbocycles. The Kier molecular flexibility index (Phi) is 4.86. The van der Waals surface area contributed by atoms with Crippen LogP contribution in [0.1, 0.15) is 18.6 Å². The summed E-state index contributed by atoms with van der Waals surface area (Å²) in [7, 11) is 0. The minimum atomic E-state index is -0.119. The number of carbonyl (C=O) groups is 1. The number of hydrogen-bond donors (Lipinski definition) is 2. The lowest BCUT2D eigenvalue weighted by molar-refractivity contribution is -0.125. The fourth-order valence-electron chi connectivity index (χ4n) is 2.15. The highest BCUT2D eigenvalue weighted by molar-refractivity contribution is 5.79. The molecule has 1 aliphatic heterocycles. The van der Waals surface area contributed by atoms with Crippen LogP contribution in [0.15, 0.2) is 4.52 Å². The summed E-state index contributed by atoms with van der Waals surface area (Å²) in [5.74, 6) is 1.05. The van der Waals surface area contributed by atoms with Crippen LogP contribution in [0.25, 0.3) is 0 Å². The highest BCUT2D eigenvalue weighted by Gasteiger charge is 2.33. The second-order valence-corrected chi connectivity index (χ2v) is 4.58. The van der Waals surface area contributed by atoms with Crippen LogP contribution in [0, 0.1) is 12.8 Å². The molecule has 0 radical (unpaired) electrons. The molecule has 1 aromatic rings. The smallest absolute Gasteiger partial charge is 0.227 e. The normalized spacial score (nSPS) is 22.6. The van der Waals surface area contributed by atoms with E-state index >= 15 is 0 Å². The number of rotatable bonds is 6. The molecule has 1 aromatic heterocycles. The molecule has 1 saturated heterocycles. The van der Waals surface area contributed by atoms with Gasteiger partial charge in [0.1, 0.15) is 0 Å². The number of ether oxygens (including phenoxy) is 1. The van der Waals surface area contributed by atoms with Crippen molar-refractivity contribution in [2.75, 3.05) is 26.3 Å². The molecule has 19 heavy (non-hydrogen) atoms. The number of carbonyl (C=O) groups excluding carboxylic acids is 1. The van der Waals surface area contributed by atoms with Gasteiger partial charge in [-0.3, -0.25) is 4.79 Å². The van der Waals surface area contributed by atoms with Gasteiger partial charge in [-0.15, -0.1) is 0 Å². The van der Waals surface area contributed by atoms with Gasteiger partial charge < -0.3 is 19.9 Å². The maximum absolute atomic E-state index is 12.0. The van der Waals surface area contributed by atoms with Crippen molar-refractivity contribution in [1.82, 2.24) is 20.8 Å². The second-order valence-electron chi connectivity index (χ2n) is 4.58. The predicted octanol–water partition coefficient (Wildman–Crippen LogP) is -0.339. The summed E-state index contributed by atoms with van der Waals surface area (Å²) in [4.78, 5) is 16.1. The second kappa shape index (κ2) is 6.63. The average molecular weight is 268 g/mol. The first kappa shape index (κ1) is 14.0. The van der Waals surface area contributed by atoms with Crippen molar-refractivity contribution in [2.45, 2.75) is 26.3 Å². The first-order valence-corrected chi connectivity index (χ1v) is 6.58. The van der Waals surface area contributed by atoms with Gasteiger partial charge in [0.05, 0.1) is 19.1 Å². The molecule has 2 unspecified atom stereocenters. The third kappa shape index (κ3) is 3.74. The van der Waals surface area contributed by atoms with Crippen LogP contribution in [0.4, 0.5) is 0 Å². The minimum Gasteiger partial charge on any atom is -0.379 e. The van der Waals surface area contributed by atoms with Gasteiger partial charge in [-0.2, -0.15) is 4.98 Å². The number of aromatic nitrogens is 2. The Bertz CT molecular complexity index is 421. The number of aryl methyl sites for hydroxylation is 1. The summed E-state index contributed by atoms with van der Waals surface area (Å²) in [5, 5.41) is 9.93. The molecule has 0 aromatic carbocycles. The SMILES string of the molecule is CCNC1COCC1C(=O)NCCc1noc(C)n1. The third-order valence-electron chi connectivity index (χ3n) is 3.10. The van der Waals surface area contributed by atoms with Crippen LogP contribution in [-0.4, -0.2) is 48.4 Å². The standard InChI is InChI=1S/C12H20N4O3/c1-3-13-10-7-18-6-9(10)12(17)14-5-4-11-15-8(2)19-16-11/h9-10,13H,3-7H2,1-2H3,(H,14,17). The molecule has 2 rings (SSSR count). The summed E-state index contributed by atoms with van der Waals surface area (Å²) < 4.78 is 10.2. The molecular formula is C12H20N4O3. The molecule has 2 heterocycles. The van der Waals surface area contributed by atoms with Crippen molar-refractivity contribution < 1.29 is 14.1 Å². The summed E-state index contributed by atoms with van der Waals surface area (Å²) in [6, 6.07) is 0.109. The lowest BCUT2D eigenvalue weighted by Crippen LogP contribution is -2.44. The van der Waals surface area contributed by atoms with E-state index in [0.29, 0.717) is 37.9 Å². The quantitative estimate of drug-likeness (QED) is 0.734. The van der Waals surface area contributed by atoms with Crippen molar-refractivity contribution in [2.24, 2.45) is 5.92 Å². The van der Waals surface area contributed by atoms with E-state index in [1.54, 1.807) is 6.92 Å². The average Bonchev–Trinajstić information content (AvgIpc) is 2.99. The Labute approximate surface area is 112 Å². The number of nitrogens with one attached hydrogen (secondary N) is 2. The summed E-state index contributed by atoms with van der Waals surface area (Å²) >= 11 is 0. The van der Waals surface area contributed by atoms with Crippen LogP contribution in [-0.2, 0) is 16.0 Å². The van der Waals surface area contributed by atoms with Gasteiger partial charge >= 0.3 is 0 Å². The Morgan fingerprint density at radius 2 is 2.32 bits per heavy atom. The summed E-state index contributed by atoms with van der Waals surface area (Å²) in [5.41, 5.74) is 0. The fraction of sp³-hybridized carbons (Fsp3) is 0.750. The zero-order valence-corrected chi connectivity index (χ0v) is 11.3. The Hall–Kier alpha value is -1.47. The van der Waals surface area contributed by atoms with Gasteiger partial charge in [0, 0.05) is 25.9 Å². The largest absolute Gasteiger partial charge is 0.379 e. The van der Waals surface area contributed by atoms with E-state index < -0.39 is 0 Å². The van der Waals surface area contributed by atoms with Gasteiger partial charge in [-0.05, 0) is 6.54 Å². The lowest BCUT2D eigenvalue weighted by atomic mass is 10.0. The summed E-state index contributed by atoms with van der Waals surface area (Å²) in [6.45, 7) is 6.17. The van der Waals surface area contributed by atoms with E-state index in [4.69, 9.17) is 9.26 Å². The highest BCUT2D eigenvalue weighted by atomic mass is 16.5. The number of amides is 1. The molecular weight excluding hydrogens is 248 g/mol. The fourth-order valence-corrected chi connectivity index (χ4v) is 2.15. The van der Waals surface area contributed by atoms with E-state index in [0.717, 1.165) is 6.54 Å². The third-order valence-corrected chi connectivity index (χ3v) is 3.10. The van der Waals surface area contributed by atoms with Gasteiger partial charge in [-0.25, -0.2) is 0 Å². The van der Waals surface area contributed by atoms with Crippen molar-refractivity contribution >= 4 is 5.91 Å². The van der Waals surface area contributed by atoms with Crippen molar-refractivity contribution in [3.05, 3.63) is 11.7 Å². The number of likely N-dealkylation sites (N-methyl/N-ethyl adjacent to an activating group) is 1. The van der Waals surface area contributed by atoms with E-state index in [1.165, 1.54) is 0 Å². The van der Waals surface area contributed by atoms with Crippen LogP contribution in [0.3, 0.4) is 0 Å². The van der Waals surface area contributed by atoms with E-state index in [9.17, 15) is 4.79 Å². The Morgan fingerprint density at radius 3 is 3.00 bits per heavy atom. The lowest BCUT2D eigenvalue weighted by Gasteiger charge is -2.17. The number of nitrogens with zero attached hydrogens (tertiary/aromatic N) is 2. The monoisotopic (exact) mass is 268 g/mol. The zero-order valence-electron chi connectivity index (χ0n) is 11.3. The molecule has 2 N–H and O–H groups in total. The van der Waals surface area contributed by atoms with Gasteiger partial charge in [0.15, 0.2) is 5.82 Å². The number of hydrogen-bond acceptors (Lipinski definition) is 6. The maximum atomic E-state index is 12.0. The molecule has 0 bridgehead atoms. The van der Waals surface area contributed by atoms with Gasteiger partial charge in [-0.1, -0.05) is 12.1 Å². The molecule has 7 nitrogen and oxygen atoms in total. The maximum Gasteiger partial charge on any atom is 0.227 e. The first-order chi connectivity index (χ1) is 9.20. The Morgan fingerprint density at radius 1 is 1.47 bits per heavy atom. The topological polar surface area (TPSA) is 89.3 Å². The van der Waals surface area contributed by atoms with Crippen LogP contribution in [0.5, 0.6) is 0 Å². The molecule has 0 aliphatic carbocycles. The van der Waals surface area contributed by atoms with Gasteiger partial charge in [0.2, 0.25) is 11.8 Å². The molecule has 1 amide bonds. The summed E-state index contributed by atoms with van der Waals surface area (Å²) in [6.07, 6.45) is 0.572. The van der Waals surface area contributed by atoms with E-state index in [-0.39, 0.29) is 17.9 Å². The minimum absolute atomic E-state index is 0.0173. The molecule has 7 heteroatoms. The molecule has 106 valence electrons. The van der Waals surface area contributed by atoms with Crippen molar-refractivity contribution in [3.63, 3.8) is 0 Å². The van der Waals surface area contributed by atoms with Crippen LogP contribution < -0.4 is 10.6 Å². The van der Waals surface area contributed by atoms with Crippen LogP contribution in [0.2, 0.25) is 0 Å². The Balaban J connectivity index is 1.74.